The van der Waals surface area contributed by atoms with Crippen LogP contribution in [0.2, 0.25) is 0 Å². The van der Waals surface area contributed by atoms with Gasteiger partial charge in [0, 0.05) is 0 Å². The molecule has 0 spiro atoms. The number of hydrogen-bond acceptors (Lipinski definition) is 11. The number of hydrogen-bond donors (Lipinski definition) is 1. The molecular weight excluding hydrogens is 645 g/mol. The molecule has 2 aliphatic heterocycles. The molecule has 2 aromatic rings. The Bertz CT molecular complexity index is 1580. The topological polar surface area (TPSA) is 139 Å². The monoisotopic (exact) mass is 693 g/mol. The molecule has 0 saturated carbocycles. The first-order chi connectivity index (χ1) is 23.4. The van der Waals surface area contributed by atoms with E-state index in [9.17, 15) is 14.5 Å². The van der Waals surface area contributed by atoms with Crippen LogP contribution in [0.1, 0.15) is 90.6 Å². The summed E-state index contributed by atoms with van der Waals surface area (Å²) in [5, 5.41) is 0. The maximum atomic E-state index is 13.2. The number of rotatable bonds is 10. The Labute approximate surface area is 288 Å². The van der Waals surface area contributed by atoms with Gasteiger partial charge in [-0.15, -0.1) is 0 Å². The number of nitrogens with zero attached hydrogens (tertiary/aromatic N) is 3. The average Bonchev–Trinajstić information content (AvgIpc) is 3.08. The van der Waals surface area contributed by atoms with E-state index in [4.69, 9.17) is 23.3 Å². The number of aromatic nitrogens is 2. The Morgan fingerprint density at radius 1 is 1.08 bits per heavy atom. The van der Waals surface area contributed by atoms with Gasteiger partial charge < -0.3 is 0 Å². The van der Waals surface area contributed by atoms with Crippen LogP contribution >= 0.6 is 8.09 Å². The zero-order valence-corrected chi connectivity index (χ0v) is 29.9. The summed E-state index contributed by atoms with van der Waals surface area (Å²) >= 11 is 0. The van der Waals surface area contributed by atoms with Gasteiger partial charge in [0.05, 0.1) is 0 Å². The van der Waals surface area contributed by atoms with E-state index in [0.717, 1.165) is 12.8 Å². The summed E-state index contributed by atoms with van der Waals surface area (Å²) in [6, 6.07) is 7.03. The summed E-state index contributed by atoms with van der Waals surface area (Å²) in [5.74, 6) is 0.376. The average molecular weight is 694 g/mol. The van der Waals surface area contributed by atoms with Crippen LogP contribution in [0.3, 0.4) is 0 Å². The minimum absolute atomic E-state index is 0.0352. The molecule has 0 radical (unpaired) electrons. The van der Waals surface area contributed by atoms with Crippen LogP contribution in [0.5, 0.6) is 0 Å². The van der Waals surface area contributed by atoms with Crippen LogP contribution in [-0.2, 0) is 32.8 Å². The molecule has 6 rings (SSSR count). The van der Waals surface area contributed by atoms with Crippen LogP contribution in [0.25, 0.3) is 0 Å². The fraction of sp³-hybridized carbons (Fsp3) is 0.541. The predicted octanol–water partition coefficient (Wildman–Crippen LogP) is 6.99. The third kappa shape index (κ3) is 8.28. The zero-order chi connectivity index (χ0) is 34.8. The van der Waals surface area contributed by atoms with Crippen LogP contribution in [0.4, 0.5) is 0 Å². The van der Waals surface area contributed by atoms with Gasteiger partial charge in [-0.05, 0) is 20.3 Å². The summed E-state index contributed by atoms with van der Waals surface area (Å²) in [4.78, 5) is 46.2. The molecule has 12 heteroatoms. The normalized spacial score (nSPS) is 31.7. The number of fused-ring (bicyclic) bond motifs is 1. The van der Waals surface area contributed by atoms with E-state index in [1.807, 2.05) is 20.8 Å². The molecule has 8 atom stereocenters. The van der Waals surface area contributed by atoms with Crippen molar-refractivity contribution in [3.05, 3.63) is 84.0 Å². The van der Waals surface area contributed by atoms with Crippen molar-refractivity contribution in [2.24, 2.45) is 33.8 Å². The van der Waals surface area contributed by atoms with E-state index in [1.165, 1.54) is 5.57 Å². The van der Waals surface area contributed by atoms with Crippen LogP contribution < -0.4 is 0 Å². The van der Waals surface area contributed by atoms with E-state index in [2.05, 4.69) is 46.8 Å². The summed E-state index contributed by atoms with van der Waals surface area (Å²) in [6.45, 7) is 10.2. The van der Waals surface area contributed by atoms with E-state index >= 15 is 0 Å². The second-order valence-electron chi connectivity index (χ2n) is 14.4. The predicted molar refractivity (Wildman–Crippen MR) is 185 cm³/mol. The maximum absolute atomic E-state index is 13.2. The van der Waals surface area contributed by atoms with Crippen molar-refractivity contribution in [2.45, 2.75) is 97.7 Å². The van der Waals surface area contributed by atoms with Crippen molar-refractivity contribution in [3.8, 4) is 0 Å². The second-order valence-corrected chi connectivity index (χ2v) is 16.2. The number of carbonyl (C=O) groups is 2. The number of allylic oxidation sites excluding steroid dienone is 3. The molecular formula is C37H48N3O8P. The molecule has 0 amide bonds. The van der Waals surface area contributed by atoms with Gasteiger partial charge in [-0.1, -0.05) is 6.92 Å². The van der Waals surface area contributed by atoms with E-state index in [-0.39, 0.29) is 42.1 Å². The molecule has 2 aromatic heterocycles. The Hall–Kier alpha value is -3.50. The van der Waals surface area contributed by atoms with Gasteiger partial charge in [0.15, 0.2) is 0 Å². The number of ether oxygens (including phenoxy) is 3. The van der Waals surface area contributed by atoms with Crippen molar-refractivity contribution in [3.63, 3.8) is 0 Å². The van der Waals surface area contributed by atoms with E-state index in [0.29, 0.717) is 36.3 Å². The van der Waals surface area contributed by atoms with Crippen molar-refractivity contribution >= 4 is 25.9 Å². The Balaban J connectivity index is 1.17. The Morgan fingerprint density at radius 2 is 1.86 bits per heavy atom. The molecule has 4 heterocycles. The molecule has 49 heavy (non-hydrogen) atoms. The summed E-state index contributed by atoms with van der Waals surface area (Å²) < 4.78 is 34.8. The standard InChI is InChI=1S/C37H48N3O8P/c1-6-37(4,5)36(42)45-31-18-23(2)17-25-12-11-24(3)30(33(25)31)14-13-28-19-29(20-32(41)44-28)47-49(43)40-34(26-9-7-15-38-21-26)46-35(48-49)27-10-8-16-39-22-27/h7-12,15-17,21-24,28-31,33,35,43,49H,6,13-14,18-20H2,1-5H3/t23-,24-,28-,29+,30-,31-,33-,35?/m0/s1. The van der Waals surface area contributed by atoms with Gasteiger partial charge >= 0.3 is 262 Å². The third-order valence-electron chi connectivity index (χ3n) is 10.2. The molecule has 1 unspecified atom stereocenters. The zero-order valence-electron chi connectivity index (χ0n) is 28.9. The van der Waals surface area contributed by atoms with Crippen molar-refractivity contribution in [1.29, 1.82) is 0 Å². The van der Waals surface area contributed by atoms with Gasteiger partial charge in [0.1, 0.15) is 0 Å². The summed E-state index contributed by atoms with van der Waals surface area (Å²) in [7, 11) is -4.28. The molecule has 1 fully saturated rings. The van der Waals surface area contributed by atoms with Crippen LogP contribution in [0.15, 0.2) is 77.6 Å². The van der Waals surface area contributed by atoms with Gasteiger partial charge in [0.25, 0.3) is 0 Å². The molecule has 0 bridgehead atoms. The molecule has 2 aliphatic carbocycles. The number of carbonyl (C=O) groups excluding carboxylic acids is 2. The number of pyridine rings is 2. The molecule has 264 valence electrons. The van der Waals surface area contributed by atoms with Crippen LogP contribution in [0, 0.1) is 29.1 Å². The Morgan fingerprint density at radius 3 is 2.57 bits per heavy atom. The molecule has 1 saturated heterocycles. The van der Waals surface area contributed by atoms with Gasteiger partial charge in [0.2, 0.25) is 0 Å². The molecule has 0 aromatic carbocycles. The second kappa shape index (κ2) is 14.8. The number of esters is 2. The first kappa shape index (κ1) is 35.3. The fourth-order valence-electron chi connectivity index (χ4n) is 7.14. The Kier molecular flexibility index (Phi) is 10.7. The first-order valence-corrected chi connectivity index (χ1v) is 19.1. The third-order valence-corrected chi connectivity index (χ3v) is 11.9. The fourth-order valence-corrected chi connectivity index (χ4v) is 8.82. The SMILES string of the molecule is CCC(C)(C)C(=O)O[C@H]1C[C@@H](C)C=C2C=C[C@H](C)[C@H](CC[C@H]3C[C@@H](O[PH]4(O)N=C(c5cccnc5)OC(c5cccnc5)O4)CC(=O)O3)[C@H]21. The quantitative estimate of drug-likeness (QED) is 0.205. The van der Waals surface area contributed by atoms with Gasteiger partial charge in [-0.25, -0.2) is 0 Å². The molecule has 4 aliphatic rings. The van der Waals surface area contributed by atoms with Gasteiger partial charge in [-0.3, -0.25) is 0 Å². The molecule has 11 nitrogen and oxygen atoms in total. The first-order valence-electron chi connectivity index (χ1n) is 17.4. The van der Waals surface area contributed by atoms with E-state index < -0.39 is 38.0 Å². The van der Waals surface area contributed by atoms with Crippen LogP contribution in [-0.4, -0.2) is 51.0 Å². The molecule has 1 N–H and O–H groups in total. The number of cyclic esters (lactones) is 1. The van der Waals surface area contributed by atoms with E-state index in [1.54, 1.807) is 49.1 Å². The van der Waals surface area contributed by atoms with Gasteiger partial charge in [-0.2, -0.15) is 0 Å². The van der Waals surface area contributed by atoms with Crippen molar-refractivity contribution in [2.75, 3.05) is 0 Å². The minimum atomic E-state index is -4.28. The van der Waals surface area contributed by atoms with Crippen molar-refractivity contribution in [1.82, 2.24) is 9.97 Å². The van der Waals surface area contributed by atoms with Crippen molar-refractivity contribution < 1.29 is 37.7 Å². The summed E-state index contributed by atoms with van der Waals surface area (Å²) in [6.07, 6.45) is 14.0. The summed E-state index contributed by atoms with van der Waals surface area (Å²) in [5.41, 5.74) is 1.80.